The summed E-state index contributed by atoms with van der Waals surface area (Å²) in [7, 11) is 1.29. The van der Waals surface area contributed by atoms with Crippen LogP contribution in [-0.4, -0.2) is 37.3 Å². The van der Waals surface area contributed by atoms with Crippen molar-refractivity contribution >= 4 is 23.4 Å². The first-order valence-corrected chi connectivity index (χ1v) is 6.50. The maximum absolute atomic E-state index is 11.1. The molecule has 2 rings (SSSR count). The number of rotatable bonds is 6. The Morgan fingerprint density at radius 3 is 2.95 bits per heavy atom. The molecule has 0 aromatic heterocycles. The summed E-state index contributed by atoms with van der Waals surface area (Å²) in [5.41, 5.74) is 1.06. The molecule has 1 fully saturated rings. The van der Waals surface area contributed by atoms with Crippen LogP contribution in [0.25, 0.3) is 6.08 Å². The van der Waals surface area contributed by atoms with Crippen LogP contribution in [-0.2, 0) is 14.3 Å². The predicted molar refractivity (Wildman–Crippen MR) is 77.0 cm³/mol. The SMILES string of the molecule is COC(=O)/C=C/c1ccc([N+](=O)[O-])c(NC[C@@H]2CCO2)c1. The molecule has 0 unspecified atom stereocenters. The first-order chi connectivity index (χ1) is 10.1. The fourth-order valence-corrected chi connectivity index (χ4v) is 1.86. The van der Waals surface area contributed by atoms with Crippen molar-refractivity contribution in [2.45, 2.75) is 12.5 Å². The van der Waals surface area contributed by atoms with Gasteiger partial charge in [0, 0.05) is 25.3 Å². The highest BCUT2D eigenvalue weighted by Crippen LogP contribution is 2.26. The molecule has 1 N–H and O–H groups in total. The maximum atomic E-state index is 11.1. The molecule has 1 aromatic rings. The molecule has 1 heterocycles. The molecule has 0 aliphatic carbocycles. The average molecular weight is 292 g/mol. The van der Waals surface area contributed by atoms with Crippen molar-refractivity contribution in [3.05, 3.63) is 40.0 Å². The zero-order chi connectivity index (χ0) is 15.2. The highest BCUT2D eigenvalue weighted by Gasteiger charge is 2.20. The molecule has 0 amide bonds. The Kier molecular flexibility index (Phi) is 4.89. The van der Waals surface area contributed by atoms with E-state index < -0.39 is 10.9 Å². The normalized spacial score (nSPS) is 17.3. The zero-order valence-electron chi connectivity index (χ0n) is 11.6. The molecule has 0 radical (unpaired) electrons. The number of anilines is 1. The summed E-state index contributed by atoms with van der Waals surface area (Å²) in [5, 5.41) is 14.0. The first kappa shape index (κ1) is 15.0. The molecular weight excluding hydrogens is 276 g/mol. The Bertz CT molecular complexity index is 566. The van der Waals surface area contributed by atoms with Gasteiger partial charge in [-0.25, -0.2) is 4.79 Å². The number of nitrogens with zero attached hydrogens (tertiary/aromatic N) is 1. The molecular formula is C14H16N2O5. The van der Waals surface area contributed by atoms with Crippen molar-refractivity contribution in [1.82, 2.24) is 0 Å². The van der Waals surface area contributed by atoms with Gasteiger partial charge in [0.25, 0.3) is 5.69 Å². The van der Waals surface area contributed by atoms with Gasteiger partial charge in [-0.3, -0.25) is 10.1 Å². The van der Waals surface area contributed by atoms with Crippen LogP contribution in [0.3, 0.4) is 0 Å². The van der Waals surface area contributed by atoms with Gasteiger partial charge in [-0.2, -0.15) is 0 Å². The van der Waals surface area contributed by atoms with Crippen LogP contribution in [0.5, 0.6) is 0 Å². The number of carbonyl (C=O) groups excluding carboxylic acids is 1. The van der Waals surface area contributed by atoms with E-state index in [9.17, 15) is 14.9 Å². The zero-order valence-corrected chi connectivity index (χ0v) is 11.6. The van der Waals surface area contributed by atoms with Crippen molar-refractivity contribution in [3.8, 4) is 0 Å². The molecule has 1 aromatic carbocycles. The van der Waals surface area contributed by atoms with E-state index in [2.05, 4.69) is 10.1 Å². The molecule has 1 aliphatic rings. The summed E-state index contributed by atoms with van der Waals surface area (Å²) >= 11 is 0. The lowest BCUT2D eigenvalue weighted by Gasteiger charge is -2.26. The Morgan fingerprint density at radius 1 is 1.62 bits per heavy atom. The summed E-state index contributed by atoms with van der Waals surface area (Å²) in [5.74, 6) is -0.481. The maximum Gasteiger partial charge on any atom is 0.330 e. The van der Waals surface area contributed by atoms with Crippen molar-refractivity contribution in [3.63, 3.8) is 0 Å². The van der Waals surface area contributed by atoms with Crippen LogP contribution < -0.4 is 5.32 Å². The molecule has 7 heteroatoms. The topological polar surface area (TPSA) is 90.7 Å². The number of nitrogens with one attached hydrogen (secondary N) is 1. The Morgan fingerprint density at radius 2 is 2.38 bits per heavy atom. The van der Waals surface area contributed by atoms with Gasteiger partial charge in [-0.05, 0) is 30.2 Å². The van der Waals surface area contributed by atoms with Crippen molar-refractivity contribution in [2.75, 3.05) is 25.6 Å². The Balaban J connectivity index is 2.14. The Labute approximate surface area is 121 Å². The third kappa shape index (κ3) is 4.03. The van der Waals surface area contributed by atoms with Crippen LogP contribution >= 0.6 is 0 Å². The second kappa shape index (κ2) is 6.85. The standard InChI is InChI=1S/C14H16N2O5/c1-20-14(17)5-3-10-2-4-13(16(18)19)12(8-10)15-9-11-6-7-21-11/h2-5,8,11,15H,6-7,9H2,1H3/b5-3+/t11-/m0/s1. The van der Waals surface area contributed by atoms with Crippen LogP contribution in [0.1, 0.15) is 12.0 Å². The molecule has 0 spiro atoms. The minimum Gasteiger partial charge on any atom is -0.466 e. The van der Waals surface area contributed by atoms with E-state index in [1.807, 2.05) is 0 Å². The lowest BCUT2D eigenvalue weighted by atomic mass is 10.1. The molecule has 1 aliphatic heterocycles. The monoisotopic (exact) mass is 292 g/mol. The van der Waals surface area contributed by atoms with E-state index >= 15 is 0 Å². The molecule has 1 saturated heterocycles. The summed E-state index contributed by atoms with van der Waals surface area (Å²) in [6.45, 7) is 1.25. The van der Waals surface area contributed by atoms with Crippen molar-refractivity contribution < 1.29 is 19.2 Å². The summed E-state index contributed by atoms with van der Waals surface area (Å²) < 4.78 is 9.77. The van der Waals surface area contributed by atoms with Gasteiger partial charge < -0.3 is 14.8 Å². The number of hydrogen-bond donors (Lipinski definition) is 1. The number of carbonyl (C=O) groups is 1. The highest BCUT2D eigenvalue weighted by molar-refractivity contribution is 5.87. The van der Waals surface area contributed by atoms with Crippen molar-refractivity contribution in [2.24, 2.45) is 0 Å². The number of methoxy groups -OCH3 is 1. The fraction of sp³-hybridized carbons (Fsp3) is 0.357. The minimum absolute atomic E-state index is 0.00968. The van der Waals surface area contributed by atoms with Crippen LogP contribution in [0.15, 0.2) is 24.3 Å². The summed E-state index contributed by atoms with van der Waals surface area (Å²) in [4.78, 5) is 21.6. The third-order valence-electron chi connectivity index (χ3n) is 3.14. The van der Waals surface area contributed by atoms with Crippen LogP contribution in [0.2, 0.25) is 0 Å². The van der Waals surface area contributed by atoms with E-state index in [1.165, 1.54) is 19.3 Å². The molecule has 112 valence electrons. The van der Waals surface area contributed by atoms with E-state index in [0.29, 0.717) is 17.8 Å². The van der Waals surface area contributed by atoms with E-state index in [4.69, 9.17) is 4.74 Å². The van der Waals surface area contributed by atoms with Gasteiger partial charge in [0.2, 0.25) is 0 Å². The lowest BCUT2D eigenvalue weighted by molar-refractivity contribution is -0.384. The number of benzene rings is 1. The highest BCUT2D eigenvalue weighted by atomic mass is 16.6. The second-order valence-electron chi connectivity index (χ2n) is 4.55. The van der Waals surface area contributed by atoms with Gasteiger partial charge in [-0.15, -0.1) is 0 Å². The van der Waals surface area contributed by atoms with E-state index in [1.54, 1.807) is 18.2 Å². The van der Waals surface area contributed by atoms with Crippen molar-refractivity contribution in [1.29, 1.82) is 0 Å². The van der Waals surface area contributed by atoms with E-state index in [-0.39, 0.29) is 11.8 Å². The number of hydrogen-bond acceptors (Lipinski definition) is 6. The number of esters is 1. The molecule has 0 saturated carbocycles. The summed E-state index contributed by atoms with van der Waals surface area (Å²) in [6, 6.07) is 4.60. The number of ether oxygens (including phenoxy) is 2. The molecule has 0 bridgehead atoms. The Hall–Kier alpha value is -2.41. The van der Waals surface area contributed by atoms with Gasteiger partial charge in [0.15, 0.2) is 0 Å². The van der Waals surface area contributed by atoms with E-state index in [0.717, 1.165) is 13.0 Å². The summed E-state index contributed by atoms with van der Waals surface area (Å²) in [6.07, 6.45) is 3.85. The van der Waals surface area contributed by atoms with Gasteiger partial charge in [-0.1, -0.05) is 0 Å². The lowest BCUT2D eigenvalue weighted by Crippen LogP contribution is -2.33. The van der Waals surface area contributed by atoms with Gasteiger partial charge in [0.05, 0.1) is 18.1 Å². The number of nitro benzene ring substituents is 1. The third-order valence-corrected chi connectivity index (χ3v) is 3.14. The molecule has 7 nitrogen and oxygen atoms in total. The molecule has 1 atom stereocenters. The second-order valence-corrected chi connectivity index (χ2v) is 4.55. The predicted octanol–water partition coefficient (Wildman–Crippen LogP) is 1.98. The fourth-order valence-electron chi connectivity index (χ4n) is 1.86. The largest absolute Gasteiger partial charge is 0.466 e. The van der Waals surface area contributed by atoms with Crippen LogP contribution in [0, 0.1) is 10.1 Å². The molecule has 21 heavy (non-hydrogen) atoms. The number of nitro groups is 1. The van der Waals surface area contributed by atoms with Crippen LogP contribution in [0.4, 0.5) is 11.4 Å². The van der Waals surface area contributed by atoms with Gasteiger partial charge >= 0.3 is 5.97 Å². The average Bonchev–Trinajstić information content (AvgIpc) is 2.42. The minimum atomic E-state index is -0.481. The van der Waals surface area contributed by atoms with Gasteiger partial charge in [0.1, 0.15) is 5.69 Å². The quantitative estimate of drug-likeness (QED) is 0.373. The first-order valence-electron chi connectivity index (χ1n) is 6.50. The smallest absolute Gasteiger partial charge is 0.330 e.